The van der Waals surface area contributed by atoms with Gasteiger partial charge in [-0.25, -0.2) is 4.98 Å². The van der Waals surface area contributed by atoms with Gasteiger partial charge in [0.1, 0.15) is 12.4 Å². The third-order valence-electron chi connectivity index (χ3n) is 4.39. The van der Waals surface area contributed by atoms with Crippen LogP contribution in [0.2, 0.25) is 0 Å². The molecule has 0 bridgehead atoms. The number of rotatable bonds is 5. The normalized spacial score (nSPS) is 19.2. The van der Waals surface area contributed by atoms with Gasteiger partial charge in [0.2, 0.25) is 0 Å². The van der Waals surface area contributed by atoms with Crippen LogP contribution in [0.15, 0.2) is 24.3 Å². The number of benzene rings is 1. The summed E-state index contributed by atoms with van der Waals surface area (Å²) in [7, 11) is 0. The number of hydrogen-bond donors (Lipinski definition) is 1. The number of amides is 1. The summed E-state index contributed by atoms with van der Waals surface area (Å²) in [6.45, 7) is 1.39. The van der Waals surface area contributed by atoms with Gasteiger partial charge in [0.05, 0.1) is 11.8 Å². The molecule has 0 unspecified atom stereocenters. The smallest absolute Gasteiger partial charge is 0.257 e. The van der Waals surface area contributed by atoms with E-state index in [9.17, 15) is 4.79 Å². The second kappa shape index (κ2) is 6.91. The van der Waals surface area contributed by atoms with Crippen LogP contribution in [0.25, 0.3) is 0 Å². The van der Waals surface area contributed by atoms with E-state index in [-0.39, 0.29) is 12.0 Å². The molecule has 1 fully saturated rings. The van der Waals surface area contributed by atoms with E-state index in [2.05, 4.69) is 10.3 Å². The first-order valence-electron chi connectivity index (χ1n) is 8.42. The zero-order valence-electron chi connectivity index (χ0n) is 13.4. The van der Waals surface area contributed by atoms with Crippen molar-refractivity contribution in [2.75, 3.05) is 18.5 Å². The van der Waals surface area contributed by atoms with Crippen molar-refractivity contribution in [2.45, 2.75) is 38.2 Å². The SMILES string of the molecule is O=C(Nc1nc2c(s1)CCC2)c1ccc(OC[C@@H]2CCCO2)cc1. The molecule has 1 aliphatic heterocycles. The van der Waals surface area contributed by atoms with Crippen LogP contribution >= 0.6 is 11.3 Å². The number of aryl methyl sites for hydroxylation is 2. The molecule has 5 nitrogen and oxygen atoms in total. The number of thiazole rings is 1. The van der Waals surface area contributed by atoms with Gasteiger partial charge in [0.25, 0.3) is 5.91 Å². The highest BCUT2D eigenvalue weighted by atomic mass is 32.1. The first kappa shape index (κ1) is 15.6. The van der Waals surface area contributed by atoms with E-state index >= 15 is 0 Å². The molecule has 24 heavy (non-hydrogen) atoms. The Labute approximate surface area is 145 Å². The number of nitrogens with zero attached hydrogens (tertiary/aromatic N) is 1. The molecule has 0 saturated carbocycles. The fourth-order valence-corrected chi connectivity index (χ4v) is 4.13. The largest absolute Gasteiger partial charge is 0.491 e. The minimum absolute atomic E-state index is 0.131. The molecule has 1 aliphatic carbocycles. The van der Waals surface area contributed by atoms with E-state index in [0.717, 1.165) is 43.7 Å². The van der Waals surface area contributed by atoms with Gasteiger partial charge in [-0.3, -0.25) is 10.1 Å². The quantitative estimate of drug-likeness (QED) is 0.902. The minimum atomic E-state index is -0.131. The topological polar surface area (TPSA) is 60.5 Å². The lowest BCUT2D eigenvalue weighted by Crippen LogP contribution is -2.16. The molecule has 2 aromatic rings. The Bertz CT molecular complexity index is 699. The minimum Gasteiger partial charge on any atom is -0.491 e. The average Bonchev–Trinajstić information content (AvgIpc) is 3.30. The summed E-state index contributed by atoms with van der Waals surface area (Å²) < 4.78 is 11.3. The maximum absolute atomic E-state index is 12.3. The van der Waals surface area contributed by atoms with Crippen LogP contribution < -0.4 is 10.1 Å². The lowest BCUT2D eigenvalue weighted by atomic mass is 10.2. The van der Waals surface area contributed by atoms with Crippen molar-refractivity contribution in [2.24, 2.45) is 0 Å². The van der Waals surface area contributed by atoms with Crippen LogP contribution in [-0.4, -0.2) is 30.2 Å². The van der Waals surface area contributed by atoms with E-state index in [1.54, 1.807) is 23.5 Å². The maximum atomic E-state index is 12.3. The van der Waals surface area contributed by atoms with Gasteiger partial charge in [-0.2, -0.15) is 0 Å². The average molecular weight is 344 g/mol. The Balaban J connectivity index is 1.34. The molecule has 0 spiro atoms. The molecule has 2 heterocycles. The summed E-state index contributed by atoms with van der Waals surface area (Å²) in [4.78, 5) is 18.1. The lowest BCUT2D eigenvalue weighted by Gasteiger charge is -2.11. The van der Waals surface area contributed by atoms with E-state index in [4.69, 9.17) is 9.47 Å². The zero-order chi connectivity index (χ0) is 16.4. The van der Waals surface area contributed by atoms with E-state index in [1.165, 1.54) is 11.3 Å². The maximum Gasteiger partial charge on any atom is 0.257 e. The van der Waals surface area contributed by atoms with Crippen molar-refractivity contribution >= 4 is 22.4 Å². The predicted molar refractivity (Wildman–Crippen MR) is 93.0 cm³/mol. The lowest BCUT2D eigenvalue weighted by molar-refractivity contribution is 0.0679. The third kappa shape index (κ3) is 3.44. The Morgan fingerprint density at radius 1 is 1.29 bits per heavy atom. The summed E-state index contributed by atoms with van der Waals surface area (Å²) in [5.74, 6) is 0.628. The second-order valence-corrected chi connectivity index (χ2v) is 7.25. The van der Waals surface area contributed by atoms with Crippen molar-refractivity contribution in [1.29, 1.82) is 0 Å². The Morgan fingerprint density at radius 2 is 2.17 bits per heavy atom. The number of carbonyl (C=O) groups excluding carboxylic acids is 1. The van der Waals surface area contributed by atoms with Crippen molar-refractivity contribution < 1.29 is 14.3 Å². The van der Waals surface area contributed by atoms with E-state index < -0.39 is 0 Å². The number of hydrogen-bond acceptors (Lipinski definition) is 5. The molecule has 126 valence electrons. The molecule has 1 aromatic heterocycles. The fraction of sp³-hybridized carbons (Fsp3) is 0.444. The monoisotopic (exact) mass is 344 g/mol. The van der Waals surface area contributed by atoms with E-state index in [0.29, 0.717) is 17.3 Å². The van der Waals surface area contributed by atoms with Crippen molar-refractivity contribution in [3.05, 3.63) is 40.4 Å². The molecule has 1 aromatic carbocycles. The highest BCUT2D eigenvalue weighted by Crippen LogP contribution is 2.30. The molecular weight excluding hydrogens is 324 g/mol. The molecule has 4 rings (SSSR count). The number of ether oxygens (including phenoxy) is 2. The van der Waals surface area contributed by atoms with Crippen molar-refractivity contribution in [1.82, 2.24) is 4.98 Å². The van der Waals surface area contributed by atoms with Crippen LogP contribution in [0.3, 0.4) is 0 Å². The van der Waals surface area contributed by atoms with Gasteiger partial charge in [-0.1, -0.05) is 0 Å². The predicted octanol–water partition coefficient (Wildman–Crippen LogP) is 3.44. The number of anilines is 1. The van der Waals surface area contributed by atoms with Crippen LogP contribution in [0.4, 0.5) is 5.13 Å². The molecule has 6 heteroatoms. The highest BCUT2D eigenvalue weighted by molar-refractivity contribution is 7.15. The van der Waals surface area contributed by atoms with Gasteiger partial charge >= 0.3 is 0 Å². The summed E-state index contributed by atoms with van der Waals surface area (Å²) in [6.07, 6.45) is 5.64. The summed E-state index contributed by atoms with van der Waals surface area (Å²) >= 11 is 1.59. The number of aromatic nitrogens is 1. The summed E-state index contributed by atoms with van der Waals surface area (Å²) in [5, 5.41) is 3.59. The Morgan fingerprint density at radius 3 is 2.92 bits per heavy atom. The Hall–Kier alpha value is -1.92. The van der Waals surface area contributed by atoms with Gasteiger partial charge in [0.15, 0.2) is 5.13 Å². The first-order chi connectivity index (χ1) is 11.8. The van der Waals surface area contributed by atoms with Crippen molar-refractivity contribution in [3.63, 3.8) is 0 Å². The first-order valence-corrected chi connectivity index (χ1v) is 9.24. The third-order valence-corrected chi connectivity index (χ3v) is 5.47. The van der Waals surface area contributed by atoms with Gasteiger partial charge < -0.3 is 9.47 Å². The second-order valence-electron chi connectivity index (χ2n) is 6.17. The summed E-state index contributed by atoms with van der Waals surface area (Å²) in [5.41, 5.74) is 1.75. The van der Waals surface area contributed by atoms with Gasteiger partial charge in [0, 0.05) is 17.0 Å². The Kier molecular flexibility index (Phi) is 4.49. The van der Waals surface area contributed by atoms with Gasteiger partial charge in [-0.05, 0) is 56.4 Å². The van der Waals surface area contributed by atoms with Crippen LogP contribution in [0.5, 0.6) is 5.75 Å². The fourth-order valence-electron chi connectivity index (χ4n) is 3.08. The van der Waals surface area contributed by atoms with Crippen LogP contribution in [0.1, 0.15) is 40.2 Å². The highest BCUT2D eigenvalue weighted by Gasteiger charge is 2.18. The standard InChI is InChI=1S/C18H20N2O3S/c21-17(20-18-19-15-4-1-5-16(15)24-18)12-6-8-13(9-7-12)23-11-14-3-2-10-22-14/h6-9,14H,1-5,10-11H2,(H,19,20,21)/t14-/m0/s1. The number of fused-ring (bicyclic) bond motifs is 1. The van der Waals surface area contributed by atoms with Crippen LogP contribution in [0, 0.1) is 0 Å². The van der Waals surface area contributed by atoms with Crippen LogP contribution in [-0.2, 0) is 17.6 Å². The molecule has 1 atom stereocenters. The van der Waals surface area contributed by atoms with Crippen molar-refractivity contribution in [3.8, 4) is 5.75 Å². The molecule has 2 aliphatic rings. The molecule has 1 amide bonds. The number of carbonyl (C=O) groups is 1. The van der Waals surface area contributed by atoms with Gasteiger partial charge in [-0.15, -0.1) is 11.3 Å². The molecule has 0 radical (unpaired) electrons. The van der Waals surface area contributed by atoms with E-state index in [1.807, 2.05) is 12.1 Å². The summed E-state index contributed by atoms with van der Waals surface area (Å²) in [6, 6.07) is 7.21. The molecule has 1 N–H and O–H groups in total. The molecule has 1 saturated heterocycles. The number of nitrogens with one attached hydrogen (secondary N) is 1. The zero-order valence-corrected chi connectivity index (χ0v) is 14.2. The molecular formula is C18H20N2O3S.